The molecular weight excluding hydrogens is 580 g/mol. The Morgan fingerprint density at radius 3 is 2.18 bits per heavy atom. The van der Waals surface area contributed by atoms with Crippen molar-refractivity contribution in [2.75, 3.05) is 6.54 Å². The second-order valence-corrected chi connectivity index (χ2v) is 15.4. The molecule has 2 heterocycles. The fourth-order valence-electron chi connectivity index (χ4n) is 6.09. The van der Waals surface area contributed by atoms with Crippen LogP contribution in [0.15, 0.2) is 29.8 Å². The maximum atomic E-state index is 14.0. The average Bonchev–Trinajstić information content (AvgIpc) is 3.49. The van der Waals surface area contributed by atoms with Gasteiger partial charge in [-0.05, 0) is 42.2 Å². The van der Waals surface area contributed by atoms with Crippen LogP contribution in [0.25, 0.3) is 10.4 Å². The monoisotopic (exact) mass is 628 g/mol. The summed E-state index contributed by atoms with van der Waals surface area (Å²) in [6.45, 7) is 16.4. The Bertz CT molecular complexity index is 1360. The third kappa shape index (κ3) is 8.65. The van der Waals surface area contributed by atoms with Gasteiger partial charge in [-0.15, -0.1) is 11.3 Å². The standard InChI is InChI=1S/C33H48N4O6S/c1-19(21-10-12-22(13-11-21)26-20(2)34-18-44-26)35-28(41)24-14-23(38)16-37(24)29(42)27(31(3,4)5)36-30(43)33(8,9)17-32(6,7)15-25(39)40/h10-13,18-19,23-24,27,38H,14-17H2,1-9H3,(H,35,41)(H,36,43)(H,39,40)/t19-,23+,24-,27?/m0/s1. The molecule has 1 aromatic carbocycles. The maximum Gasteiger partial charge on any atom is 0.303 e. The van der Waals surface area contributed by atoms with Crippen molar-refractivity contribution in [3.63, 3.8) is 0 Å². The Morgan fingerprint density at radius 1 is 1.05 bits per heavy atom. The van der Waals surface area contributed by atoms with Crippen LogP contribution in [0.2, 0.25) is 0 Å². The number of carbonyl (C=O) groups is 4. The first-order valence-corrected chi connectivity index (χ1v) is 15.9. The van der Waals surface area contributed by atoms with Gasteiger partial charge in [0.15, 0.2) is 0 Å². The number of hydrogen-bond acceptors (Lipinski definition) is 7. The first-order valence-electron chi connectivity index (χ1n) is 15.0. The molecule has 44 heavy (non-hydrogen) atoms. The highest BCUT2D eigenvalue weighted by molar-refractivity contribution is 7.13. The van der Waals surface area contributed by atoms with Gasteiger partial charge in [0.2, 0.25) is 17.7 Å². The molecule has 0 radical (unpaired) electrons. The van der Waals surface area contributed by atoms with Crippen LogP contribution in [0.4, 0.5) is 0 Å². The Balaban J connectivity index is 1.75. The molecule has 0 saturated carbocycles. The number of aliphatic hydroxyl groups excluding tert-OH is 1. The minimum Gasteiger partial charge on any atom is -0.481 e. The number of amides is 3. The van der Waals surface area contributed by atoms with Crippen LogP contribution in [0.1, 0.15) is 92.0 Å². The summed E-state index contributed by atoms with van der Waals surface area (Å²) < 4.78 is 0. The number of nitrogens with one attached hydrogen (secondary N) is 2. The molecule has 3 amide bonds. The molecule has 3 rings (SSSR count). The van der Waals surface area contributed by atoms with Crippen LogP contribution in [0, 0.1) is 23.2 Å². The molecule has 2 aromatic rings. The molecule has 11 heteroatoms. The number of carbonyl (C=O) groups excluding carboxylic acids is 3. The van der Waals surface area contributed by atoms with Crippen molar-refractivity contribution < 1.29 is 29.4 Å². The lowest BCUT2D eigenvalue weighted by Crippen LogP contribution is -2.59. The molecule has 0 spiro atoms. The Morgan fingerprint density at radius 2 is 1.66 bits per heavy atom. The van der Waals surface area contributed by atoms with Crippen LogP contribution in [0.3, 0.4) is 0 Å². The summed E-state index contributed by atoms with van der Waals surface area (Å²) in [5.74, 6) is -2.14. The highest BCUT2D eigenvalue weighted by Gasteiger charge is 2.46. The fourth-order valence-corrected chi connectivity index (χ4v) is 6.90. The third-order valence-corrected chi connectivity index (χ3v) is 9.17. The number of aliphatic hydroxyl groups is 1. The molecule has 1 aliphatic heterocycles. The molecule has 242 valence electrons. The molecule has 0 bridgehead atoms. The van der Waals surface area contributed by atoms with Gasteiger partial charge in [0.1, 0.15) is 12.1 Å². The van der Waals surface area contributed by atoms with E-state index in [1.54, 1.807) is 39.0 Å². The molecule has 1 fully saturated rings. The lowest BCUT2D eigenvalue weighted by molar-refractivity contribution is -0.146. The van der Waals surface area contributed by atoms with Gasteiger partial charge in [0.25, 0.3) is 0 Å². The number of hydrogen-bond donors (Lipinski definition) is 4. The first kappa shape index (κ1) is 35.2. The Labute approximate surface area is 264 Å². The van der Waals surface area contributed by atoms with Crippen LogP contribution < -0.4 is 10.6 Å². The summed E-state index contributed by atoms with van der Waals surface area (Å²) in [7, 11) is 0. The summed E-state index contributed by atoms with van der Waals surface area (Å²) in [5, 5.41) is 25.8. The zero-order chi connectivity index (χ0) is 33.2. The molecule has 10 nitrogen and oxygen atoms in total. The predicted octanol–water partition coefficient (Wildman–Crippen LogP) is 4.71. The van der Waals surface area contributed by atoms with Crippen LogP contribution in [-0.4, -0.2) is 68.5 Å². The van der Waals surface area contributed by atoms with Gasteiger partial charge in [-0.25, -0.2) is 4.98 Å². The Hall–Kier alpha value is -3.31. The van der Waals surface area contributed by atoms with Crippen LogP contribution >= 0.6 is 11.3 Å². The van der Waals surface area contributed by atoms with E-state index in [0.717, 1.165) is 21.7 Å². The van der Waals surface area contributed by atoms with E-state index in [2.05, 4.69) is 15.6 Å². The van der Waals surface area contributed by atoms with E-state index in [-0.39, 0.29) is 37.2 Å². The van der Waals surface area contributed by atoms with Crippen molar-refractivity contribution in [1.29, 1.82) is 0 Å². The normalized spacial score (nSPS) is 18.9. The van der Waals surface area contributed by atoms with Crippen LogP contribution in [-0.2, 0) is 19.2 Å². The topological polar surface area (TPSA) is 149 Å². The minimum absolute atomic E-state index is 0.0221. The fraction of sp³-hybridized carbons (Fsp3) is 0.606. The SMILES string of the molecule is Cc1ncsc1-c1ccc([C@H](C)NC(=O)[C@@H]2C[C@@H](O)CN2C(=O)C(NC(=O)C(C)(C)CC(C)(C)CC(=O)O)C(C)(C)C)cc1. The lowest BCUT2D eigenvalue weighted by atomic mass is 9.72. The number of carboxylic acid groups (broad SMARTS) is 1. The average molecular weight is 629 g/mol. The van der Waals surface area contributed by atoms with Gasteiger partial charge in [-0.2, -0.15) is 0 Å². The maximum absolute atomic E-state index is 14.0. The summed E-state index contributed by atoms with van der Waals surface area (Å²) in [4.78, 5) is 59.2. The van der Waals surface area contributed by atoms with E-state index in [9.17, 15) is 29.4 Å². The largest absolute Gasteiger partial charge is 0.481 e. The zero-order valence-corrected chi connectivity index (χ0v) is 28.2. The van der Waals surface area contributed by atoms with Gasteiger partial charge in [-0.3, -0.25) is 19.2 Å². The van der Waals surface area contributed by atoms with Gasteiger partial charge in [0, 0.05) is 18.4 Å². The summed E-state index contributed by atoms with van der Waals surface area (Å²) in [6.07, 6.45) is -0.591. The number of likely N-dealkylation sites (tertiary alicyclic amines) is 1. The van der Waals surface area contributed by atoms with Gasteiger partial charge in [0.05, 0.1) is 34.6 Å². The number of aryl methyl sites for hydroxylation is 1. The molecule has 1 saturated heterocycles. The van der Waals surface area contributed by atoms with E-state index in [0.29, 0.717) is 6.42 Å². The van der Waals surface area contributed by atoms with Crippen molar-refractivity contribution in [3.05, 3.63) is 41.0 Å². The molecule has 4 atom stereocenters. The van der Waals surface area contributed by atoms with Crippen molar-refractivity contribution in [1.82, 2.24) is 20.5 Å². The number of nitrogens with zero attached hydrogens (tertiary/aromatic N) is 2. The Kier molecular flexibility index (Phi) is 10.7. The smallest absolute Gasteiger partial charge is 0.303 e. The minimum atomic E-state index is -0.974. The zero-order valence-electron chi connectivity index (χ0n) is 27.4. The number of aromatic nitrogens is 1. The lowest BCUT2D eigenvalue weighted by Gasteiger charge is -2.39. The van der Waals surface area contributed by atoms with Crippen molar-refractivity contribution in [3.8, 4) is 10.4 Å². The summed E-state index contributed by atoms with van der Waals surface area (Å²) in [5.41, 5.74) is 2.40. The van der Waals surface area contributed by atoms with E-state index in [1.807, 2.05) is 64.4 Å². The first-order chi connectivity index (χ1) is 20.2. The number of thiazole rings is 1. The number of benzene rings is 1. The highest BCUT2D eigenvalue weighted by atomic mass is 32.1. The molecule has 4 N–H and O–H groups in total. The van der Waals surface area contributed by atoms with E-state index < -0.39 is 46.3 Å². The van der Waals surface area contributed by atoms with Gasteiger partial charge in [-0.1, -0.05) is 72.7 Å². The van der Waals surface area contributed by atoms with Gasteiger partial charge < -0.3 is 25.7 Å². The second-order valence-electron chi connectivity index (χ2n) is 14.6. The molecule has 0 aliphatic carbocycles. The van der Waals surface area contributed by atoms with Gasteiger partial charge >= 0.3 is 5.97 Å². The van der Waals surface area contributed by atoms with E-state index in [4.69, 9.17) is 0 Å². The molecular formula is C33H48N4O6S. The van der Waals surface area contributed by atoms with E-state index >= 15 is 0 Å². The van der Waals surface area contributed by atoms with Crippen molar-refractivity contribution in [2.24, 2.45) is 16.2 Å². The molecule has 1 unspecified atom stereocenters. The third-order valence-electron chi connectivity index (χ3n) is 8.20. The quantitative estimate of drug-likeness (QED) is 0.282. The number of aliphatic carboxylic acids is 1. The molecule has 1 aliphatic rings. The van der Waals surface area contributed by atoms with E-state index in [1.165, 1.54) is 4.90 Å². The van der Waals surface area contributed by atoms with Crippen molar-refractivity contribution >= 4 is 35.0 Å². The summed E-state index contributed by atoms with van der Waals surface area (Å²) in [6, 6.07) is 5.68. The number of carboxylic acids is 1. The highest BCUT2D eigenvalue weighted by Crippen LogP contribution is 2.37. The molecule has 1 aromatic heterocycles. The number of rotatable bonds is 11. The second kappa shape index (κ2) is 13.4. The van der Waals surface area contributed by atoms with Crippen LogP contribution in [0.5, 0.6) is 0 Å². The number of β-amino-alcohol motifs (C(OH)–C–C–N with tert-alkyl or cyclic N) is 1. The predicted molar refractivity (Wildman–Crippen MR) is 171 cm³/mol. The summed E-state index contributed by atoms with van der Waals surface area (Å²) >= 11 is 1.57. The van der Waals surface area contributed by atoms with Crippen molar-refractivity contribution in [2.45, 2.75) is 106 Å².